The summed E-state index contributed by atoms with van der Waals surface area (Å²) in [5.41, 5.74) is 3.44. The summed E-state index contributed by atoms with van der Waals surface area (Å²) in [6.45, 7) is 11.5. The highest BCUT2D eigenvalue weighted by atomic mass is 32.2. The second-order valence-electron chi connectivity index (χ2n) is 11.0. The van der Waals surface area contributed by atoms with E-state index in [1.54, 1.807) is 42.6 Å². The van der Waals surface area contributed by atoms with E-state index in [0.717, 1.165) is 27.1 Å². The van der Waals surface area contributed by atoms with Crippen LogP contribution in [0.5, 0.6) is 11.5 Å². The zero-order valence-corrected chi connectivity index (χ0v) is 25.1. The van der Waals surface area contributed by atoms with Gasteiger partial charge < -0.3 is 14.4 Å². The molecule has 4 rings (SSSR count). The van der Waals surface area contributed by atoms with Crippen molar-refractivity contribution in [2.75, 3.05) is 19.3 Å². The van der Waals surface area contributed by atoms with Gasteiger partial charge in [-0.15, -0.1) is 11.8 Å². The van der Waals surface area contributed by atoms with Crippen molar-refractivity contribution in [2.45, 2.75) is 58.0 Å². The molecule has 0 spiro atoms. The standard InChI is InChI=1S/C33H37NO5S/c1-20-8-12-26(13-9-20)38-32(37)34-18-28(29(19-34)30(36)24-10-14-27(40-7)15-11-24)25-16-21(2)31(22(3)17-25)39-33(5,6)23(4)35/h8-17,28-29H,18-19H2,1-7H3. The number of likely N-dealkylation sites (tertiary alicyclic amines) is 1. The van der Waals surface area contributed by atoms with E-state index in [1.807, 2.05) is 75.6 Å². The van der Waals surface area contributed by atoms with Crippen molar-refractivity contribution in [2.24, 2.45) is 5.92 Å². The molecular weight excluding hydrogens is 522 g/mol. The molecule has 0 N–H and O–H groups in total. The smallest absolute Gasteiger partial charge is 0.415 e. The molecule has 1 heterocycles. The van der Waals surface area contributed by atoms with Crippen molar-refractivity contribution >= 4 is 29.4 Å². The van der Waals surface area contributed by atoms with Crippen molar-refractivity contribution in [3.8, 4) is 11.5 Å². The third kappa shape index (κ3) is 6.41. The maximum absolute atomic E-state index is 13.8. The zero-order chi connectivity index (χ0) is 29.2. The Balaban J connectivity index is 1.66. The monoisotopic (exact) mass is 559 g/mol. The van der Waals surface area contributed by atoms with Crippen molar-refractivity contribution < 1.29 is 23.9 Å². The number of carbonyl (C=O) groups is 3. The lowest BCUT2D eigenvalue weighted by atomic mass is 9.82. The Hall–Kier alpha value is -3.58. The van der Waals surface area contributed by atoms with E-state index in [1.165, 1.54) is 6.92 Å². The number of benzene rings is 3. The fourth-order valence-corrected chi connectivity index (χ4v) is 5.39. The summed E-state index contributed by atoms with van der Waals surface area (Å²) >= 11 is 1.62. The number of hydrogen-bond donors (Lipinski definition) is 0. The maximum Gasteiger partial charge on any atom is 0.415 e. The SMILES string of the molecule is CSc1ccc(C(=O)C2CN(C(=O)Oc3ccc(C)cc3)CC2c2cc(C)c(OC(C)(C)C(C)=O)c(C)c2)cc1. The molecule has 0 saturated carbocycles. The van der Waals surface area contributed by atoms with Gasteiger partial charge in [0.2, 0.25) is 0 Å². The molecule has 0 bridgehead atoms. The lowest BCUT2D eigenvalue weighted by Crippen LogP contribution is -2.36. The second kappa shape index (κ2) is 11.9. The molecule has 1 aliphatic rings. The van der Waals surface area contributed by atoms with Gasteiger partial charge in [0.1, 0.15) is 11.5 Å². The Bertz CT molecular complexity index is 1390. The van der Waals surface area contributed by atoms with Gasteiger partial charge >= 0.3 is 6.09 Å². The number of Topliss-reactive ketones (excluding diaryl/α,β-unsaturated/α-hetero) is 2. The minimum Gasteiger partial charge on any atom is -0.480 e. The fourth-order valence-electron chi connectivity index (χ4n) is 4.98. The van der Waals surface area contributed by atoms with Gasteiger partial charge in [0.25, 0.3) is 0 Å². The van der Waals surface area contributed by atoms with Crippen molar-refractivity contribution in [1.29, 1.82) is 0 Å². The maximum atomic E-state index is 13.8. The predicted molar refractivity (Wildman–Crippen MR) is 159 cm³/mol. The Morgan fingerprint density at radius 2 is 1.50 bits per heavy atom. The van der Waals surface area contributed by atoms with Crippen molar-refractivity contribution in [3.05, 3.63) is 88.5 Å². The van der Waals surface area contributed by atoms with Gasteiger partial charge in [0.15, 0.2) is 17.2 Å². The van der Waals surface area contributed by atoms with Crippen LogP contribution in [0.4, 0.5) is 4.79 Å². The Kier molecular flexibility index (Phi) is 8.74. The molecule has 6 nitrogen and oxygen atoms in total. The van der Waals surface area contributed by atoms with Crippen molar-refractivity contribution in [3.63, 3.8) is 0 Å². The van der Waals surface area contributed by atoms with Crippen molar-refractivity contribution in [1.82, 2.24) is 4.90 Å². The first-order chi connectivity index (χ1) is 18.9. The van der Waals surface area contributed by atoms with Gasteiger partial charge in [0.05, 0.1) is 0 Å². The summed E-state index contributed by atoms with van der Waals surface area (Å²) in [7, 11) is 0. The number of hydrogen-bond acceptors (Lipinski definition) is 6. The predicted octanol–water partition coefficient (Wildman–Crippen LogP) is 7.18. The van der Waals surface area contributed by atoms with E-state index in [2.05, 4.69) is 0 Å². The van der Waals surface area contributed by atoms with Gasteiger partial charge in [-0.2, -0.15) is 0 Å². The van der Waals surface area contributed by atoms with E-state index in [9.17, 15) is 14.4 Å². The minimum atomic E-state index is -0.956. The Morgan fingerprint density at radius 3 is 2.05 bits per heavy atom. The summed E-state index contributed by atoms with van der Waals surface area (Å²) in [4.78, 5) is 41.9. The molecule has 3 aromatic carbocycles. The number of ether oxygens (including phenoxy) is 2. The van der Waals surface area contributed by atoms with Crippen LogP contribution in [-0.2, 0) is 4.79 Å². The van der Waals surface area contributed by atoms with Crippen LogP contribution in [-0.4, -0.2) is 47.5 Å². The molecule has 0 aliphatic carbocycles. The first-order valence-electron chi connectivity index (χ1n) is 13.4. The topological polar surface area (TPSA) is 72.9 Å². The quantitative estimate of drug-likeness (QED) is 0.215. The molecule has 0 radical (unpaired) electrons. The van der Waals surface area contributed by atoms with Gasteiger partial charge in [-0.1, -0.05) is 42.0 Å². The molecule has 2 unspecified atom stereocenters. The number of amides is 1. The average Bonchev–Trinajstić information content (AvgIpc) is 3.37. The van der Waals surface area contributed by atoms with E-state index in [0.29, 0.717) is 23.6 Å². The molecule has 210 valence electrons. The van der Waals surface area contributed by atoms with Gasteiger partial charge in [-0.25, -0.2) is 4.79 Å². The number of carbonyl (C=O) groups excluding carboxylic acids is 3. The second-order valence-corrected chi connectivity index (χ2v) is 11.9. The Labute approximate surface area is 241 Å². The third-order valence-corrected chi connectivity index (χ3v) is 8.37. The average molecular weight is 560 g/mol. The summed E-state index contributed by atoms with van der Waals surface area (Å²) in [6.07, 6.45) is 1.52. The van der Waals surface area contributed by atoms with Crippen LogP contribution in [0, 0.1) is 26.7 Å². The van der Waals surface area contributed by atoms with Crippen LogP contribution in [0.2, 0.25) is 0 Å². The molecule has 3 aromatic rings. The number of nitrogens with zero attached hydrogens (tertiary/aromatic N) is 1. The summed E-state index contributed by atoms with van der Waals surface area (Å²) < 4.78 is 11.8. The van der Waals surface area contributed by atoms with Crippen LogP contribution in [0.1, 0.15) is 59.3 Å². The molecule has 1 saturated heterocycles. The molecule has 7 heteroatoms. The van der Waals surface area contributed by atoms with Crippen LogP contribution in [0.3, 0.4) is 0 Å². The first kappa shape index (κ1) is 29.4. The summed E-state index contributed by atoms with van der Waals surface area (Å²) in [6, 6.07) is 18.9. The van der Waals surface area contributed by atoms with Gasteiger partial charge in [-0.05, 0) is 88.8 Å². The summed E-state index contributed by atoms with van der Waals surface area (Å²) in [5, 5.41) is 0. The molecule has 1 aliphatic heterocycles. The minimum absolute atomic E-state index is 0.00312. The lowest BCUT2D eigenvalue weighted by Gasteiger charge is -2.27. The Morgan fingerprint density at radius 1 is 0.900 bits per heavy atom. The number of thioether (sulfide) groups is 1. The lowest BCUT2D eigenvalue weighted by molar-refractivity contribution is -0.129. The summed E-state index contributed by atoms with van der Waals surface area (Å²) in [5.74, 6) is 0.392. The van der Waals surface area contributed by atoms with Crippen LogP contribution >= 0.6 is 11.8 Å². The normalized spacial score (nSPS) is 17.0. The molecule has 0 aromatic heterocycles. The molecule has 2 atom stereocenters. The largest absolute Gasteiger partial charge is 0.480 e. The number of ketones is 2. The van der Waals surface area contributed by atoms with Crippen LogP contribution < -0.4 is 9.47 Å². The zero-order valence-electron chi connectivity index (χ0n) is 24.2. The molecule has 40 heavy (non-hydrogen) atoms. The van der Waals surface area contributed by atoms with Crippen LogP contribution in [0.15, 0.2) is 65.6 Å². The van der Waals surface area contributed by atoms with E-state index >= 15 is 0 Å². The molecule has 1 amide bonds. The number of aryl methyl sites for hydroxylation is 3. The highest BCUT2D eigenvalue weighted by Crippen LogP contribution is 2.39. The van der Waals surface area contributed by atoms with E-state index < -0.39 is 17.6 Å². The first-order valence-corrected chi connectivity index (χ1v) is 14.6. The molecule has 1 fully saturated rings. The van der Waals surface area contributed by atoms with Crippen LogP contribution in [0.25, 0.3) is 0 Å². The highest BCUT2D eigenvalue weighted by Gasteiger charge is 2.42. The van der Waals surface area contributed by atoms with Gasteiger partial charge in [0, 0.05) is 35.4 Å². The van der Waals surface area contributed by atoms with Gasteiger partial charge in [-0.3, -0.25) is 9.59 Å². The third-order valence-electron chi connectivity index (χ3n) is 7.63. The molecular formula is C33H37NO5S. The van der Waals surface area contributed by atoms with E-state index in [4.69, 9.17) is 9.47 Å². The fraction of sp³-hybridized carbons (Fsp3) is 0.364. The highest BCUT2D eigenvalue weighted by molar-refractivity contribution is 7.98. The number of rotatable bonds is 8. The van der Waals surface area contributed by atoms with E-state index in [-0.39, 0.29) is 24.0 Å².